The summed E-state index contributed by atoms with van der Waals surface area (Å²) in [5.74, 6) is -2.93. The van der Waals surface area contributed by atoms with Crippen molar-refractivity contribution in [3.05, 3.63) is 0 Å². The zero-order valence-electron chi connectivity index (χ0n) is 16.8. The van der Waals surface area contributed by atoms with Gasteiger partial charge in [0.2, 0.25) is 17.7 Å². The van der Waals surface area contributed by atoms with Crippen LogP contribution in [0.4, 0.5) is 0 Å². The standard InChI is InChI=1S/C16H31N7O6S/c1-30-6-4-10(14(28)21-7-12(25)26)22-15(29)11(8-24)23-13(27)9(17)3-2-5-20-16(18)19/h9-11,24H,2-8,17H2,1H3,(H,21,28)(H,22,29)(H,23,27)(H,25,26)(H4,18,19,20). The third-order valence-electron chi connectivity index (χ3n) is 3.78. The van der Waals surface area contributed by atoms with Crippen LogP contribution in [0, 0.1) is 0 Å². The monoisotopic (exact) mass is 449 g/mol. The molecule has 13 nitrogen and oxygen atoms in total. The number of carboxylic acids is 1. The second kappa shape index (κ2) is 15.3. The average Bonchev–Trinajstić information content (AvgIpc) is 2.69. The molecule has 0 aromatic rings. The van der Waals surface area contributed by atoms with E-state index in [0.29, 0.717) is 12.2 Å². The first-order valence-corrected chi connectivity index (χ1v) is 10.5. The maximum absolute atomic E-state index is 12.4. The molecule has 0 aromatic heterocycles. The number of rotatable bonds is 15. The van der Waals surface area contributed by atoms with Gasteiger partial charge in [0.1, 0.15) is 18.6 Å². The number of guanidine groups is 1. The Morgan fingerprint density at radius 1 is 1.03 bits per heavy atom. The molecule has 0 rings (SSSR count). The minimum absolute atomic E-state index is 0.0755. The van der Waals surface area contributed by atoms with Crippen molar-refractivity contribution in [1.82, 2.24) is 16.0 Å². The summed E-state index contributed by atoms with van der Waals surface area (Å²) in [6, 6.07) is -3.30. The molecular formula is C16H31N7O6S. The molecule has 3 atom stereocenters. The van der Waals surface area contributed by atoms with Crippen LogP contribution in [-0.2, 0) is 19.2 Å². The summed E-state index contributed by atoms with van der Waals surface area (Å²) >= 11 is 1.43. The van der Waals surface area contributed by atoms with Crippen LogP contribution in [0.3, 0.4) is 0 Å². The minimum atomic E-state index is -1.33. The zero-order chi connectivity index (χ0) is 23.1. The lowest BCUT2D eigenvalue weighted by atomic mass is 10.1. The van der Waals surface area contributed by atoms with Crippen LogP contribution in [-0.4, -0.2) is 89.7 Å². The molecule has 0 heterocycles. The van der Waals surface area contributed by atoms with Crippen LogP contribution < -0.4 is 33.2 Å². The Morgan fingerprint density at radius 2 is 1.67 bits per heavy atom. The van der Waals surface area contributed by atoms with Gasteiger partial charge in [0.25, 0.3) is 0 Å². The molecule has 0 saturated carbocycles. The summed E-state index contributed by atoms with van der Waals surface area (Å²) in [6.07, 6.45) is 2.72. The molecule has 0 aliphatic heterocycles. The molecule has 0 aliphatic rings. The fourth-order valence-electron chi connectivity index (χ4n) is 2.19. The van der Waals surface area contributed by atoms with E-state index in [-0.39, 0.29) is 25.3 Å². The lowest BCUT2D eigenvalue weighted by Gasteiger charge is -2.22. The highest BCUT2D eigenvalue weighted by atomic mass is 32.2. The van der Waals surface area contributed by atoms with Crippen LogP contribution in [0.1, 0.15) is 19.3 Å². The van der Waals surface area contributed by atoms with Crippen molar-refractivity contribution in [1.29, 1.82) is 0 Å². The number of aliphatic hydroxyl groups is 1. The predicted octanol–water partition coefficient (Wildman–Crippen LogP) is -3.72. The second-order valence-electron chi connectivity index (χ2n) is 6.25. The van der Waals surface area contributed by atoms with E-state index in [2.05, 4.69) is 20.9 Å². The smallest absolute Gasteiger partial charge is 0.322 e. The Hall–Kier alpha value is -2.58. The average molecular weight is 450 g/mol. The first-order valence-electron chi connectivity index (χ1n) is 9.13. The first-order chi connectivity index (χ1) is 14.1. The van der Waals surface area contributed by atoms with Crippen LogP contribution in [0.2, 0.25) is 0 Å². The summed E-state index contributed by atoms with van der Waals surface area (Å²) in [7, 11) is 0. The quantitative estimate of drug-likeness (QED) is 0.0691. The first kappa shape index (κ1) is 27.4. The van der Waals surface area contributed by atoms with Gasteiger partial charge in [-0.05, 0) is 31.3 Å². The molecule has 3 unspecified atom stereocenters. The topological polar surface area (TPSA) is 235 Å². The second-order valence-corrected chi connectivity index (χ2v) is 7.24. The molecular weight excluding hydrogens is 418 g/mol. The summed E-state index contributed by atoms with van der Waals surface area (Å²) in [5.41, 5.74) is 16.2. The highest BCUT2D eigenvalue weighted by Crippen LogP contribution is 2.02. The van der Waals surface area contributed by atoms with E-state index in [1.165, 1.54) is 11.8 Å². The van der Waals surface area contributed by atoms with E-state index in [1.54, 1.807) is 6.26 Å². The van der Waals surface area contributed by atoms with Crippen LogP contribution in [0.5, 0.6) is 0 Å². The van der Waals surface area contributed by atoms with Gasteiger partial charge in [-0.3, -0.25) is 24.2 Å². The molecule has 0 saturated heterocycles. The number of nitrogens with zero attached hydrogens (tertiary/aromatic N) is 1. The van der Waals surface area contributed by atoms with Crippen molar-refractivity contribution in [2.75, 3.05) is 31.7 Å². The molecule has 0 aliphatic carbocycles. The van der Waals surface area contributed by atoms with Gasteiger partial charge in [0.05, 0.1) is 12.6 Å². The van der Waals surface area contributed by atoms with Crippen molar-refractivity contribution >= 4 is 41.4 Å². The Kier molecular flexibility index (Phi) is 14.0. The number of thioether (sulfide) groups is 1. The Bertz CT molecular complexity index is 615. The zero-order valence-corrected chi connectivity index (χ0v) is 17.6. The van der Waals surface area contributed by atoms with E-state index in [0.717, 1.165) is 0 Å². The van der Waals surface area contributed by atoms with E-state index in [1.807, 2.05) is 0 Å². The number of hydrogen-bond acceptors (Lipinski definition) is 8. The maximum atomic E-state index is 12.4. The summed E-state index contributed by atoms with van der Waals surface area (Å²) in [6.45, 7) is -1.03. The van der Waals surface area contributed by atoms with Gasteiger partial charge >= 0.3 is 5.97 Å². The Balaban J connectivity index is 4.81. The van der Waals surface area contributed by atoms with E-state index < -0.39 is 55.0 Å². The molecule has 0 aromatic carbocycles. The molecule has 172 valence electrons. The number of nitrogens with one attached hydrogen (secondary N) is 3. The van der Waals surface area contributed by atoms with Crippen LogP contribution in [0.15, 0.2) is 4.99 Å². The number of amides is 3. The number of aliphatic imine (C=N–C) groups is 1. The summed E-state index contributed by atoms with van der Waals surface area (Å²) in [4.78, 5) is 51.1. The Morgan fingerprint density at radius 3 is 2.20 bits per heavy atom. The van der Waals surface area contributed by atoms with E-state index in [4.69, 9.17) is 22.3 Å². The fraction of sp³-hybridized carbons (Fsp3) is 0.688. The van der Waals surface area contributed by atoms with Crippen LogP contribution in [0.25, 0.3) is 0 Å². The van der Waals surface area contributed by atoms with Gasteiger partial charge in [-0.25, -0.2) is 0 Å². The van der Waals surface area contributed by atoms with Gasteiger partial charge in [-0.1, -0.05) is 0 Å². The van der Waals surface area contributed by atoms with Crippen molar-refractivity contribution in [2.24, 2.45) is 22.2 Å². The normalized spacial score (nSPS) is 13.4. The van der Waals surface area contributed by atoms with Gasteiger partial charge in [0, 0.05) is 6.54 Å². The number of aliphatic carboxylic acids is 1. The van der Waals surface area contributed by atoms with Gasteiger partial charge in [-0.15, -0.1) is 0 Å². The van der Waals surface area contributed by atoms with Gasteiger partial charge in [0.15, 0.2) is 5.96 Å². The van der Waals surface area contributed by atoms with Crippen molar-refractivity contribution in [3.63, 3.8) is 0 Å². The third kappa shape index (κ3) is 12.1. The van der Waals surface area contributed by atoms with Gasteiger partial charge in [-0.2, -0.15) is 11.8 Å². The van der Waals surface area contributed by atoms with Crippen molar-refractivity contribution in [3.8, 4) is 0 Å². The fourth-order valence-corrected chi connectivity index (χ4v) is 2.66. The van der Waals surface area contributed by atoms with Crippen molar-refractivity contribution < 1.29 is 29.4 Å². The number of nitrogens with two attached hydrogens (primary N) is 3. The third-order valence-corrected chi connectivity index (χ3v) is 4.42. The molecule has 14 heteroatoms. The highest BCUT2D eigenvalue weighted by Gasteiger charge is 2.27. The number of carbonyl (C=O) groups excluding carboxylic acids is 3. The lowest BCUT2D eigenvalue weighted by molar-refractivity contribution is -0.138. The minimum Gasteiger partial charge on any atom is -0.480 e. The number of aliphatic hydroxyl groups excluding tert-OH is 1. The highest BCUT2D eigenvalue weighted by molar-refractivity contribution is 7.98. The molecule has 30 heavy (non-hydrogen) atoms. The van der Waals surface area contributed by atoms with Crippen LogP contribution >= 0.6 is 11.8 Å². The SMILES string of the molecule is CSCCC(NC(=O)C(CO)NC(=O)C(N)CCCN=C(N)N)C(=O)NCC(=O)O. The lowest BCUT2D eigenvalue weighted by Crippen LogP contribution is -2.57. The Labute approximate surface area is 178 Å². The molecule has 0 bridgehead atoms. The molecule has 0 fully saturated rings. The van der Waals surface area contributed by atoms with Crippen molar-refractivity contribution in [2.45, 2.75) is 37.4 Å². The van der Waals surface area contributed by atoms with E-state index >= 15 is 0 Å². The molecule has 11 N–H and O–H groups in total. The summed E-state index contributed by atoms with van der Waals surface area (Å²) < 4.78 is 0. The predicted molar refractivity (Wildman–Crippen MR) is 112 cm³/mol. The molecule has 0 spiro atoms. The molecule has 3 amide bonds. The number of carboxylic acid groups (broad SMARTS) is 1. The molecule has 0 radical (unpaired) electrons. The van der Waals surface area contributed by atoms with Gasteiger partial charge < -0.3 is 43.4 Å². The van der Waals surface area contributed by atoms with E-state index in [9.17, 15) is 24.3 Å². The maximum Gasteiger partial charge on any atom is 0.322 e. The number of carbonyl (C=O) groups is 4. The summed E-state index contributed by atoms with van der Waals surface area (Å²) in [5, 5.41) is 25.1. The largest absolute Gasteiger partial charge is 0.480 e. The number of hydrogen-bond donors (Lipinski definition) is 8.